The van der Waals surface area contributed by atoms with Gasteiger partial charge in [0, 0.05) is 22.5 Å². The van der Waals surface area contributed by atoms with Crippen LogP contribution in [0, 0.1) is 0 Å². The molecule has 12 heteroatoms. The topological polar surface area (TPSA) is 78.9 Å². The molecule has 1 aromatic heterocycles. The maximum atomic E-state index is 12.2. The summed E-state index contributed by atoms with van der Waals surface area (Å²) in [5.41, 5.74) is 0. The van der Waals surface area contributed by atoms with E-state index in [1.54, 1.807) is 0 Å². The molecular weight excluding hydrogens is 361 g/mol. The van der Waals surface area contributed by atoms with Crippen LogP contribution >= 0.6 is 22.0 Å². The van der Waals surface area contributed by atoms with Crippen LogP contribution in [0.2, 0.25) is 0 Å². The number of alkyl halides is 3. The summed E-state index contributed by atoms with van der Waals surface area (Å²) in [7, 11) is 0.413. The first-order valence-electron chi connectivity index (χ1n) is 5.22. The summed E-state index contributed by atoms with van der Waals surface area (Å²) >= 11 is 0.410. The van der Waals surface area contributed by atoms with Gasteiger partial charge < -0.3 is 14.2 Å². The van der Waals surface area contributed by atoms with Crippen LogP contribution in [-0.2, 0) is 18.5 Å². The molecule has 1 aliphatic rings. The van der Waals surface area contributed by atoms with Crippen molar-refractivity contribution in [1.29, 1.82) is 0 Å². The van der Waals surface area contributed by atoms with Gasteiger partial charge in [0.15, 0.2) is 10.6 Å². The molecule has 1 fully saturated rings. The Labute approximate surface area is 124 Å². The third kappa shape index (κ3) is 3.99. The Hall–Kier alpha value is -1.04. The van der Waals surface area contributed by atoms with Crippen molar-refractivity contribution in [3.8, 4) is 5.75 Å². The summed E-state index contributed by atoms with van der Waals surface area (Å²) in [6.07, 6.45) is -5.57. The molecule has 0 bridgehead atoms. The van der Waals surface area contributed by atoms with Crippen LogP contribution in [0.1, 0.15) is 16.1 Å². The van der Waals surface area contributed by atoms with E-state index in [1.807, 2.05) is 0 Å². The summed E-state index contributed by atoms with van der Waals surface area (Å²) < 4.78 is 72.5. The minimum absolute atomic E-state index is 0.367. The molecule has 1 aliphatic heterocycles. The zero-order valence-electron chi connectivity index (χ0n) is 9.85. The van der Waals surface area contributed by atoms with Crippen LogP contribution < -0.4 is 4.74 Å². The summed E-state index contributed by atoms with van der Waals surface area (Å²) in [6.45, 7) is 0.367. The van der Waals surface area contributed by atoms with Crippen LogP contribution in [0.4, 0.5) is 13.2 Å². The van der Waals surface area contributed by atoms with E-state index in [4.69, 9.17) is 20.2 Å². The summed E-state index contributed by atoms with van der Waals surface area (Å²) in [4.78, 5) is 10.1. The minimum atomic E-state index is -5.13. The van der Waals surface area contributed by atoms with Gasteiger partial charge in [0.05, 0.1) is 6.61 Å². The molecule has 0 aromatic carbocycles. The molecule has 1 saturated heterocycles. The summed E-state index contributed by atoms with van der Waals surface area (Å²) in [6, 6.07) is 0. The van der Waals surface area contributed by atoms with Crippen molar-refractivity contribution in [1.82, 2.24) is 0 Å². The first-order valence-corrected chi connectivity index (χ1v) is 8.41. The van der Waals surface area contributed by atoms with E-state index in [-0.39, 0.29) is 0 Å². The van der Waals surface area contributed by atoms with E-state index in [9.17, 15) is 26.4 Å². The smallest absolute Gasteiger partial charge is 0.431 e. The zero-order chi connectivity index (χ0) is 15.8. The predicted molar refractivity (Wildman–Crippen MR) is 63.8 cm³/mol. The lowest BCUT2D eigenvalue weighted by Crippen LogP contribution is -2.32. The first-order chi connectivity index (χ1) is 9.58. The second-order valence-corrected chi connectivity index (χ2v) is 7.12. The highest BCUT2D eigenvalue weighted by molar-refractivity contribution is 8.14. The lowest BCUT2D eigenvalue weighted by atomic mass is 10.3. The third-order valence-corrected chi connectivity index (χ3v) is 4.69. The Morgan fingerprint density at radius 3 is 2.52 bits per heavy atom. The molecule has 21 heavy (non-hydrogen) atoms. The number of carbonyl (C=O) groups excluding carboxylic acids is 1. The number of thiophene rings is 1. The van der Waals surface area contributed by atoms with E-state index in [2.05, 4.69) is 4.74 Å². The van der Waals surface area contributed by atoms with Gasteiger partial charge in [-0.1, -0.05) is 0 Å². The summed E-state index contributed by atoms with van der Waals surface area (Å²) in [5, 5.41) is 0.709. The molecule has 6 nitrogen and oxygen atoms in total. The minimum Gasteiger partial charge on any atom is -0.431 e. The van der Waals surface area contributed by atoms with Crippen molar-refractivity contribution in [2.75, 3.05) is 6.61 Å². The van der Waals surface area contributed by atoms with Crippen LogP contribution in [0.15, 0.2) is 10.3 Å². The molecule has 0 N–H and O–H groups in total. The molecule has 0 aliphatic carbocycles. The van der Waals surface area contributed by atoms with Crippen molar-refractivity contribution < 1.29 is 40.6 Å². The van der Waals surface area contributed by atoms with Crippen LogP contribution in [-0.4, -0.2) is 33.6 Å². The van der Waals surface area contributed by atoms with Gasteiger partial charge in [-0.3, -0.25) is 0 Å². The van der Waals surface area contributed by atoms with Gasteiger partial charge in [0.2, 0.25) is 6.29 Å². The van der Waals surface area contributed by atoms with Crippen LogP contribution in [0.3, 0.4) is 0 Å². The molecule has 0 radical (unpaired) electrons. The average Bonchev–Trinajstić information content (AvgIpc) is 2.63. The van der Waals surface area contributed by atoms with Crippen molar-refractivity contribution in [2.45, 2.75) is 24.0 Å². The van der Waals surface area contributed by atoms with E-state index in [0.29, 0.717) is 29.7 Å². The molecule has 2 rings (SSSR count). The fourth-order valence-electron chi connectivity index (χ4n) is 1.38. The monoisotopic (exact) mass is 366 g/mol. The van der Waals surface area contributed by atoms with Gasteiger partial charge in [0.25, 0.3) is 9.05 Å². The molecule has 0 spiro atoms. The van der Waals surface area contributed by atoms with Crippen molar-refractivity contribution in [3.05, 3.63) is 10.3 Å². The lowest BCUT2D eigenvalue weighted by molar-refractivity contribution is -0.275. The molecule has 1 aromatic rings. The molecule has 0 saturated carbocycles. The number of rotatable bonds is 4. The Balaban J connectivity index is 2.34. The second kappa shape index (κ2) is 5.63. The maximum absolute atomic E-state index is 12.2. The fourth-order valence-corrected chi connectivity index (χ4v) is 3.91. The highest BCUT2D eigenvalue weighted by atomic mass is 35.7. The van der Waals surface area contributed by atoms with Gasteiger partial charge in [-0.2, -0.15) is 0 Å². The van der Waals surface area contributed by atoms with Crippen molar-refractivity contribution in [3.63, 3.8) is 0 Å². The third-order valence-electron chi connectivity index (χ3n) is 2.26. The normalized spacial score (nSPS) is 19.0. The maximum Gasteiger partial charge on any atom is 0.573 e. The summed E-state index contributed by atoms with van der Waals surface area (Å²) in [5.74, 6) is -2.23. The number of hydrogen-bond donors (Lipinski definition) is 0. The zero-order valence-corrected chi connectivity index (χ0v) is 12.2. The number of esters is 1. The Morgan fingerprint density at radius 1 is 1.48 bits per heavy atom. The molecule has 118 valence electrons. The Kier molecular flexibility index (Phi) is 4.38. The first kappa shape index (κ1) is 16.3. The van der Waals surface area contributed by atoms with Gasteiger partial charge in [0.1, 0.15) is 4.88 Å². The number of carbonyl (C=O) groups is 1. The average molecular weight is 367 g/mol. The SMILES string of the molecule is O=C(OC1CCO1)c1scc(OC(F)(F)F)c1S(=O)(=O)Cl. The van der Waals surface area contributed by atoms with E-state index < -0.39 is 43.2 Å². The fraction of sp³-hybridized carbons (Fsp3) is 0.444. The number of halogens is 4. The van der Waals surface area contributed by atoms with Gasteiger partial charge in [-0.25, -0.2) is 13.2 Å². The largest absolute Gasteiger partial charge is 0.573 e. The van der Waals surface area contributed by atoms with Crippen molar-refractivity contribution in [2.24, 2.45) is 0 Å². The van der Waals surface area contributed by atoms with Gasteiger partial charge >= 0.3 is 12.3 Å². The van der Waals surface area contributed by atoms with Crippen LogP contribution in [0.5, 0.6) is 5.75 Å². The van der Waals surface area contributed by atoms with E-state index in [1.165, 1.54) is 0 Å². The lowest BCUT2D eigenvalue weighted by Gasteiger charge is -2.25. The quantitative estimate of drug-likeness (QED) is 0.601. The molecule has 2 heterocycles. The van der Waals surface area contributed by atoms with Crippen LogP contribution in [0.25, 0.3) is 0 Å². The van der Waals surface area contributed by atoms with E-state index >= 15 is 0 Å². The van der Waals surface area contributed by atoms with Crippen molar-refractivity contribution >= 4 is 37.0 Å². The van der Waals surface area contributed by atoms with E-state index in [0.717, 1.165) is 0 Å². The van der Waals surface area contributed by atoms with Gasteiger partial charge in [-0.05, 0) is 0 Å². The highest BCUT2D eigenvalue weighted by Crippen LogP contribution is 2.39. The number of ether oxygens (including phenoxy) is 3. The Bertz CT molecular complexity index is 649. The molecule has 0 amide bonds. The molecule has 1 unspecified atom stereocenters. The number of hydrogen-bond acceptors (Lipinski definition) is 7. The molecule has 1 atom stereocenters. The Morgan fingerprint density at radius 2 is 2.10 bits per heavy atom. The standard InChI is InChI=1S/C9H6ClF3O6S2/c10-21(15,16)7-4(19-9(11,12)13)3-20-6(7)8(14)18-5-1-2-17-5/h3,5H,1-2H2. The highest BCUT2D eigenvalue weighted by Gasteiger charge is 2.38. The van der Waals surface area contributed by atoms with Gasteiger partial charge in [-0.15, -0.1) is 24.5 Å². The second-order valence-electron chi connectivity index (χ2n) is 3.74. The predicted octanol–water partition coefficient (Wildman–Crippen LogP) is 2.48. The molecular formula is C9H6ClF3O6S2.